The summed E-state index contributed by atoms with van der Waals surface area (Å²) < 4.78 is 15.5. The van der Waals surface area contributed by atoms with E-state index in [1.807, 2.05) is 6.92 Å². The van der Waals surface area contributed by atoms with Crippen molar-refractivity contribution in [1.29, 1.82) is 0 Å². The molecule has 1 amide bonds. The summed E-state index contributed by atoms with van der Waals surface area (Å²) in [7, 11) is 1.51. The predicted molar refractivity (Wildman–Crippen MR) is 111 cm³/mol. The fourth-order valence-electron chi connectivity index (χ4n) is 2.34. The highest BCUT2D eigenvalue weighted by atomic mass is 35.5. The van der Waals surface area contributed by atoms with Crippen molar-refractivity contribution in [3.05, 3.63) is 63.2 Å². The van der Waals surface area contributed by atoms with Gasteiger partial charge >= 0.3 is 5.97 Å². The molecular weight excluding hydrogens is 416 g/mol. The lowest BCUT2D eigenvalue weighted by molar-refractivity contribution is -0.384. The Morgan fingerprint density at radius 3 is 2.63 bits per heavy atom. The lowest BCUT2D eigenvalue weighted by Gasteiger charge is -2.09. The average molecular weight is 435 g/mol. The van der Waals surface area contributed by atoms with Gasteiger partial charge in [0.25, 0.3) is 11.6 Å². The Bertz CT molecular complexity index is 976. The molecule has 0 aliphatic rings. The van der Waals surface area contributed by atoms with Crippen molar-refractivity contribution < 1.29 is 28.7 Å². The van der Waals surface area contributed by atoms with Crippen LogP contribution in [0.2, 0.25) is 5.02 Å². The number of nitro benzene ring substituents is 1. The van der Waals surface area contributed by atoms with E-state index >= 15 is 0 Å². The van der Waals surface area contributed by atoms with Crippen LogP contribution in [0.25, 0.3) is 6.08 Å². The maximum Gasteiger partial charge on any atom is 0.331 e. The number of hydrogen-bond acceptors (Lipinski definition) is 7. The van der Waals surface area contributed by atoms with Crippen LogP contribution in [0.1, 0.15) is 12.5 Å². The normalized spacial score (nSPS) is 10.5. The molecule has 0 spiro atoms. The molecule has 0 radical (unpaired) electrons. The minimum atomic E-state index is -0.736. The van der Waals surface area contributed by atoms with Gasteiger partial charge in [0.05, 0.1) is 18.6 Å². The van der Waals surface area contributed by atoms with E-state index in [4.69, 9.17) is 25.8 Å². The Morgan fingerprint density at radius 1 is 1.20 bits per heavy atom. The Hall–Kier alpha value is -3.59. The molecule has 0 saturated heterocycles. The largest absolute Gasteiger partial charge is 0.493 e. The van der Waals surface area contributed by atoms with Crippen molar-refractivity contribution in [2.75, 3.05) is 25.6 Å². The number of nitro groups is 1. The molecule has 0 unspecified atom stereocenters. The first kappa shape index (κ1) is 22.7. The molecule has 0 bridgehead atoms. The number of methoxy groups -OCH3 is 1. The first-order valence-corrected chi connectivity index (χ1v) is 9.11. The van der Waals surface area contributed by atoms with Crippen LogP contribution in [0.5, 0.6) is 11.5 Å². The molecule has 2 rings (SSSR count). The molecule has 9 nitrogen and oxygen atoms in total. The zero-order valence-electron chi connectivity index (χ0n) is 16.2. The van der Waals surface area contributed by atoms with E-state index in [1.54, 1.807) is 18.2 Å². The van der Waals surface area contributed by atoms with Crippen molar-refractivity contribution in [2.45, 2.75) is 6.92 Å². The maximum atomic E-state index is 11.9. The molecule has 0 heterocycles. The van der Waals surface area contributed by atoms with Gasteiger partial charge in [-0.1, -0.05) is 17.7 Å². The highest BCUT2D eigenvalue weighted by Crippen LogP contribution is 2.29. The summed E-state index contributed by atoms with van der Waals surface area (Å²) in [6.07, 6.45) is 2.66. The predicted octanol–water partition coefficient (Wildman–Crippen LogP) is 3.85. The molecule has 0 aromatic heterocycles. The van der Waals surface area contributed by atoms with E-state index in [2.05, 4.69) is 5.32 Å². The second-order valence-corrected chi connectivity index (χ2v) is 6.16. The number of carbonyl (C=O) groups excluding carboxylic acids is 2. The smallest absolute Gasteiger partial charge is 0.331 e. The average Bonchev–Trinajstić information content (AvgIpc) is 2.72. The number of nitrogens with one attached hydrogen (secondary N) is 1. The fourth-order valence-corrected chi connectivity index (χ4v) is 2.53. The van der Waals surface area contributed by atoms with E-state index in [1.165, 1.54) is 25.3 Å². The van der Waals surface area contributed by atoms with E-state index in [9.17, 15) is 19.7 Å². The molecule has 30 heavy (non-hydrogen) atoms. The maximum absolute atomic E-state index is 11.9. The number of hydrogen-bond donors (Lipinski definition) is 1. The van der Waals surface area contributed by atoms with E-state index in [0.29, 0.717) is 23.7 Å². The standard InChI is InChI=1S/C20H19ClN2O7/c1-3-29-17-8-4-13(10-18(17)28-2)5-9-20(25)30-12-19(24)22-14-6-7-15(21)16(11-14)23(26)27/h4-11H,3,12H2,1-2H3,(H,22,24)/b9-5+. The quantitative estimate of drug-likeness (QED) is 0.275. The van der Waals surface area contributed by atoms with Crippen molar-refractivity contribution in [3.8, 4) is 11.5 Å². The minimum absolute atomic E-state index is 0.0551. The summed E-state index contributed by atoms with van der Waals surface area (Å²) in [5.74, 6) is -0.293. The molecule has 2 aromatic carbocycles. The van der Waals surface area contributed by atoms with Gasteiger partial charge in [0.1, 0.15) is 5.02 Å². The molecule has 0 aliphatic carbocycles. The monoisotopic (exact) mass is 434 g/mol. The zero-order chi connectivity index (χ0) is 22.1. The number of amides is 1. The highest BCUT2D eigenvalue weighted by molar-refractivity contribution is 6.32. The summed E-state index contributed by atoms with van der Waals surface area (Å²) in [6.45, 7) is 1.78. The number of benzene rings is 2. The van der Waals surface area contributed by atoms with Crippen molar-refractivity contribution >= 4 is 40.9 Å². The van der Waals surface area contributed by atoms with Gasteiger partial charge in [0.15, 0.2) is 18.1 Å². The SMILES string of the molecule is CCOc1ccc(/C=C/C(=O)OCC(=O)Nc2ccc(Cl)c([N+](=O)[O-])c2)cc1OC. The Kier molecular flexibility index (Phi) is 8.18. The lowest BCUT2D eigenvalue weighted by atomic mass is 10.2. The Balaban J connectivity index is 1.90. The number of ether oxygens (including phenoxy) is 3. The Labute approximate surface area is 177 Å². The van der Waals surface area contributed by atoms with Crippen LogP contribution < -0.4 is 14.8 Å². The molecule has 158 valence electrons. The number of anilines is 1. The van der Waals surface area contributed by atoms with E-state index < -0.39 is 23.4 Å². The van der Waals surface area contributed by atoms with Crippen molar-refractivity contribution in [3.63, 3.8) is 0 Å². The summed E-state index contributed by atoms with van der Waals surface area (Å²) in [6, 6.07) is 8.93. The van der Waals surface area contributed by atoms with Gasteiger partial charge in [-0.05, 0) is 42.8 Å². The molecule has 0 aliphatic heterocycles. The first-order chi connectivity index (χ1) is 14.3. The second-order valence-electron chi connectivity index (χ2n) is 5.76. The fraction of sp³-hybridized carbons (Fsp3) is 0.200. The van der Waals surface area contributed by atoms with Crippen molar-refractivity contribution in [2.24, 2.45) is 0 Å². The van der Waals surface area contributed by atoms with Gasteiger partial charge in [-0.2, -0.15) is 0 Å². The number of nitrogens with zero attached hydrogens (tertiary/aromatic N) is 1. The van der Waals surface area contributed by atoms with Crippen LogP contribution in [0, 0.1) is 10.1 Å². The second kappa shape index (κ2) is 10.8. The summed E-state index contributed by atoms with van der Waals surface area (Å²) in [5.41, 5.74) is 0.481. The van der Waals surface area contributed by atoms with E-state index in [-0.39, 0.29) is 16.4 Å². The van der Waals surface area contributed by atoms with Crippen LogP contribution in [0.3, 0.4) is 0 Å². The third-order valence-electron chi connectivity index (χ3n) is 3.67. The molecule has 2 aromatic rings. The van der Waals surface area contributed by atoms with Crippen LogP contribution in [0.4, 0.5) is 11.4 Å². The minimum Gasteiger partial charge on any atom is -0.493 e. The topological polar surface area (TPSA) is 117 Å². The molecular formula is C20H19ClN2O7. The molecule has 10 heteroatoms. The van der Waals surface area contributed by atoms with Gasteiger partial charge in [-0.15, -0.1) is 0 Å². The summed E-state index contributed by atoms with van der Waals surface area (Å²) in [5, 5.41) is 13.2. The number of halogens is 1. The Morgan fingerprint density at radius 2 is 1.97 bits per heavy atom. The highest BCUT2D eigenvalue weighted by Gasteiger charge is 2.14. The number of rotatable bonds is 9. The summed E-state index contributed by atoms with van der Waals surface area (Å²) >= 11 is 5.71. The molecule has 0 saturated carbocycles. The third kappa shape index (κ3) is 6.49. The van der Waals surface area contributed by atoms with Crippen LogP contribution in [-0.4, -0.2) is 37.1 Å². The van der Waals surface area contributed by atoms with Crippen LogP contribution >= 0.6 is 11.6 Å². The summed E-state index contributed by atoms with van der Waals surface area (Å²) in [4.78, 5) is 33.9. The van der Waals surface area contributed by atoms with E-state index in [0.717, 1.165) is 12.1 Å². The van der Waals surface area contributed by atoms with Crippen LogP contribution in [0.15, 0.2) is 42.5 Å². The van der Waals surface area contributed by atoms with Gasteiger partial charge in [-0.3, -0.25) is 14.9 Å². The molecule has 1 N–H and O–H groups in total. The molecule has 0 fully saturated rings. The van der Waals surface area contributed by atoms with Gasteiger partial charge in [0, 0.05) is 17.8 Å². The lowest BCUT2D eigenvalue weighted by Crippen LogP contribution is -2.20. The van der Waals surface area contributed by atoms with Gasteiger partial charge < -0.3 is 19.5 Å². The molecule has 0 atom stereocenters. The van der Waals surface area contributed by atoms with Crippen molar-refractivity contribution in [1.82, 2.24) is 0 Å². The first-order valence-electron chi connectivity index (χ1n) is 8.73. The zero-order valence-corrected chi connectivity index (χ0v) is 17.0. The number of esters is 1. The van der Waals surface area contributed by atoms with Crippen LogP contribution in [-0.2, 0) is 14.3 Å². The van der Waals surface area contributed by atoms with Gasteiger partial charge in [-0.25, -0.2) is 4.79 Å². The number of carbonyl (C=O) groups is 2. The van der Waals surface area contributed by atoms with Gasteiger partial charge in [0.2, 0.25) is 0 Å². The third-order valence-corrected chi connectivity index (χ3v) is 3.99.